The summed E-state index contributed by atoms with van der Waals surface area (Å²) in [5.41, 5.74) is 0.208. The molecule has 1 fully saturated rings. The van der Waals surface area contributed by atoms with E-state index in [-0.39, 0.29) is 28.5 Å². The van der Waals surface area contributed by atoms with Crippen LogP contribution in [0.3, 0.4) is 0 Å². The van der Waals surface area contributed by atoms with Gasteiger partial charge in [0.1, 0.15) is 6.04 Å². The van der Waals surface area contributed by atoms with Gasteiger partial charge in [-0.2, -0.15) is 0 Å². The fourth-order valence-electron chi connectivity index (χ4n) is 2.71. The summed E-state index contributed by atoms with van der Waals surface area (Å²) in [5.74, 6) is -1.17. The summed E-state index contributed by atoms with van der Waals surface area (Å²) in [4.78, 5) is 35.6. The molecule has 0 aliphatic heterocycles. The zero-order chi connectivity index (χ0) is 16.4. The maximum atomic E-state index is 12.2. The average molecular weight is 295 g/mol. The van der Waals surface area contributed by atoms with Crippen molar-refractivity contribution in [3.05, 3.63) is 11.3 Å². The van der Waals surface area contributed by atoms with Crippen LogP contribution in [-0.4, -0.2) is 28.7 Å². The normalized spacial score (nSPS) is 19.6. The lowest BCUT2D eigenvalue weighted by Crippen LogP contribution is -2.40. The number of ketones is 2. The number of carbonyl (C=O) groups is 3. The second-order valence-corrected chi connectivity index (χ2v) is 7.03. The first-order valence-corrected chi connectivity index (χ1v) is 7.30. The summed E-state index contributed by atoms with van der Waals surface area (Å²) in [7, 11) is 0. The molecule has 1 rings (SSSR count). The van der Waals surface area contributed by atoms with Crippen LogP contribution in [0, 0.1) is 11.3 Å². The zero-order valence-corrected chi connectivity index (χ0v) is 13.4. The van der Waals surface area contributed by atoms with Gasteiger partial charge >= 0.3 is 5.97 Å². The Balaban J connectivity index is 2.98. The van der Waals surface area contributed by atoms with Gasteiger partial charge < -0.3 is 10.4 Å². The summed E-state index contributed by atoms with van der Waals surface area (Å²) >= 11 is 0. The van der Waals surface area contributed by atoms with Crippen LogP contribution in [-0.2, 0) is 14.4 Å². The highest BCUT2D eigenvalue weighted by Crippen LogP contribution is 2.34. The number of hydrogen-bond donors (Lipinski definition) is 2. The van der Waals surface area contributed by atoms with Crippen molar-refractivity contribution in [2.45, 2.75) is 59.9 Å². The maximum Gasteiger partial charge on any atom is 0.326 e. The number of Topliss-reactive ketones (excluding diaryl/α,β-unsaturated/α-hetero) is 2. The van der Waals surface area contributed by atoms with Gasteiger partial charge in [0.05, 0.1) is 5.57 Å². The standard InChI is InChI=1S/C16H25NO4/c1-9(2)6-11(15(20)21)17-10(3)14-12(18)7-16(4,5)8-13(14)19/h9,11,17H,6-8H2,1-5H3,(H,20,21)/t11-/m0/s1. The number of carbonyl (C=O) groups excluding carboxylic acids is 2. The third-order valence-corrected chi connectivity index (χ3v) is 3.61. The molecule has 21 heavy (non-hydrogen) atoms. The Morgan fingerprint density at radius 2 is 1.71 bits per heavy atom. The molecule has 5 nitrogen and oxygen atoms in total. The monoisotopic (exact) mass is 295 g/mol. The van der Waals surface area contributed by atoms with Crippen LogP contribution in [0.5, 0.6) is 0 Å². The highest BCUT2D eigenvalue weighted by atomic mass is 16.4. The first-order valence-electron chi connectivity index (χ1n) is 7.30. The SMILES string of the molecule is CC(N[C@@H](CC(C)C)C(=O)O)=C1C(=O)CC(C)(C)CC1=O. The van der Waals surface area contributed by atoms with E-state index in [1.165, 1.54) is 0 Å². The summed E-state index contributed by atoms with van der Waals surface area (Å²) < 4.78 is 0. The van der Waals surface area contributed by atoms with Crippen LogP contribution >= 0.6 is 0 Å². The summed E-state index contributed by atoms with van der Waals surface area (Å²) in [6, 6.07) is -0.784. The lowest BCUT2D eigenvalue weighted by Gasteiger charge is -2.30. The van der Waals surface area contributed by atoms with Crippen molar-refractivity contribution < 1.29 is 19.5 Å². The molecule has 0 aromatic carbocycles. The quantitative estimate of drug-likeness (QED) is 0.600. The van der Waals surface area contributed by atoms with E-state index in [9.17, 15) is 19.5 Å². The van der Waals surface area contributed by atoms with Gasteiger partial charge in [-0.15, -0.1) is 0 Å². The molecular weight excluding hydrogens is 270 g/mol. The smallest absolute Gasteiger partial charge is 0.326 e. The molecule has 0 saturated heterocycles. The minimum Gasteiger partial charge on any atom is -0.480 e. The number of carboxylic acid groups (broad SMARTS) is 1. The van der Waals surface area contributed by atoms with E-state index in [0.29, 0.717) is 25.0 Å². The minimum absolute atomic E-state index is 0.143. The molecule has 1 aliphatic rings. The van der Waals surface area contributed by atoms with Crippen LogP contribution in [0.1, 0.15) is 53.9 Å². The third-order valence-electron chi connectivity index (χ3n) is 3.61. The Labute approximate surface area is 125 Å². The van der Waals surface area contributed by atoms with Gasteiger partial charge in [-0.1, -0.05) is 27.7 Å². The molecule has 1 saturated carbocycles. The van der Waals surface area contributed by atoms with E-state index in [0.717, 1.165) is 0 Å². The van der Waals surface area contributed by atoms with Crippen LogP contribution in [0.15, 0.2) is 11.3 Å². The second kappa shape index (κ2) is 6.41. The Morgan fingerprint density at radius 1 is 1.24 bits per heavy atom. The molecule has 0 amide bonds. The lowest BCUT2D eigenvalue weighted by molar-refractivity contribution is -0.140. The van der Waals surface area contributed by atoms with Crippen molar-refractivity contribution in [2.24, 2.45) is 11.3 Å². The summed E-state index contributed by atoms with van der Waals surface area (Å²) in [5, 5.41) is 12.1. The van der Waals surface area contributed by atoms with Crippen molar-refractivity contribution in [1.82, 2.24) is 5.32 Å². The molecule has 2 N–H and O–H groups in total. The molecule has 0 aromatic rings. The van der Waals surface area contributed by atoms with Crippen molar-refractivity contribution in [2.75, 3.05) is 0 Å². The van der Waals surface area contributed by atoms with Crippen molar-refractivity contribution in [1.29, 1.82) is 0 Å². The Bertz CT molecular complexity index is 467. The maximum absolute atomic E-state index is 12.2. The minimum atomic E-state index is -0.973. The molecule has 0 unspecified atom stereocenters. The van der Waals surface area contributed by atoms with Crippen molar-refractivity contribution >= 4 is 17.5 Å². The largest absolute Gasteiger partial charge is 0.480 e. The zero-order valence-electron chi connectivity index (χ0n) is 13.4. The van der Waals surface area contributed by atoms with Gasteiger partial charge in [-0.3, -0.25) is 9.59 Å². The van der Waals surface area contributed by atoms with E-state index >= 15 is 0 Å². The summed E-state index contributed by atoms with van der Waals surface area (Å²) in [6.45, 7) is 9.25. The fraction of sp³-hybridized carbons (Fsp3) is 0.688. The van der Waals surface area contributed by atoms with E-state index in [2.05, 4.69) is 5.32 Å². The van der Waals surface area contributed by atoms with Gasteiger partial charge in [0, 0.05) is 18.5 Å². The number of rotatable bonds is 5. The van der Waals surface area contributed by atoms with Crippen molar-refractivity contribution in [3.8, 4) is 0 Å². The van der Waals surface area contributed by atoms with Crippen molar-refractivity contribution in [3.63, 3.8) is 0 Å². The Hall–Kier alpha value is -1.65. The summed E-state index contributed by atoms with van der Waals surface area (Å²) in [6.07, 6.45) is 1.07. The Morgan fingerprint density at radius 3 is 2.10 bits per heavy atom. The van der Waals surface area contributed by atoms with E-state index in [4.69, 9.17) is 0 Å². The van der Waals surface area contributed by atoms with Crippen LogP contribution < -0.4 is 5.32 Å². The molecular formula is C16H25NO4. The lowest BCUT2D eigenvalue weighted by atomic mass is 9.73. The first-order chi connectivity index (χ1) is 9.53. The first kappa shape index (κ1) is 17.4. The van der Waals surface area contributed by atoms with Gasteiger partial charge in [0.25, 0.3) is 0 Å². The van der Waals surface area contributed by atoms with Gasteiger partial charge in [-0.25, -0.2) is 4.79 Å². The molecule has 1 aliphatic carbocycles. The molecule has 0 spiro atoms. The fourth-order valence-corrected chi connectivity index (χ4v) is 2.71. The number of allylic oxidation sites excluding steroid dienone is 2. The topological polar surface area (TPSA) is 83.5 Å². The molecule has 0 aromatic heterocycles. The third kappa shape index (κ3) is 4.69. The number of carboxylic acids is 1. The molecule has 1 atom stereocenters. The molecule has 0 heterocycles. The van der Waals surface area contributed by atoms with E-state index in [1.807, 2.05) is 27.7 Å². The van der Waals surface area contributed by atoms with E-state index < -0.39 is 12.0 Å². The van der Waals surface area contributed by atoms with Crippen LogP contribution in [0.2, 0.25) is 0 Å². The van der Waals surface area contributed by atoms with Crippen LogP contribution in [0.4, 0.5) is 0 Å². The Kier molecular flexibility index (Phi) is 5.31. The number of aliphatic carboxylic acids is 1. The highest BCUT2D eigenvalue weighted by molar-refractivity contribution is 6.22. The number of nitrogens with one attached hydrogen (secondary N) is 1. The predicted molar refractivity (Wildman–Crippen MR) is 79.7 cm³/mol. The molecule has 5 heteroatoms. The molecule has 118 valence electrons. The highest BCUT2D eigenvalue weighted by Gasteiger charge is 2.37. The average Bonchev–Trinajstić information content (AvgIpc) is 2.23. The molecule has 0 bridgehead atoms. The van der Waals surface area contributed by atoms with E-state index in [1.54, 1.807) is 6.92 Å². The number of hydrogen-bond acceptors (Lipinski definition) is 4. The van der Waals surface area contributed by atoms with Crippen LogP contribution in [0.25, 0.3) is 0 Å². The predicted octanol–water partition coefficient (Wildman–Crippen LogP) is 2.31. The van der Waals surface area contributed by atoms with Gasteiger partial charge in [0.15, 0.2) is 11.6 Å². The second-order valence-electron chi connectivity index (χ2n) is 7.03. The van der Waals surface area contributed by atoms with Gasteiger partial charge in [0.2, 0.25) is 0 Å². The van der Waals surface area contributed by atoms with Gasteiger partial charge in [-0.05, 0) is 24.7 Å². The molecule has 0 radical (unpaired) electrons.